The molecule has 1 heterocycles. The van der Waals surface area contributed by atoms with Crippen molar-refractivity contribution in [2.75, 3.05) is 10.2 Å². The van der Waals surface area contributed by atoms with Crippen LogP contribution < -0.4 is 10.2 Å². The fraction of sp³-hybridized carbons (Fsp3) is 0.176. The highest BCUT2D eigenvalue weighted by atomic mass is 35.5. The molecule has 1 atom stereocenters. The molecule has 1 unspecified atom stereocenters. The third-order valence-corrected chi connectivity index (χ3v) is 4.52. The van der Waals surface area contributed by atoms with Crippen molar-refractivity contribution in [3.05, 3.63) is 58.1 Å². The van der Waals surface area contributed by atoms with Gasteiger partial charge in [0, 0.05) is 5.69 Å². The highest BCUT2D eigenvalue weighted by Crippen LogP contribution is 2.31. The van der Waals surface area contributed by atoms with Crippen LogP contribution in [0.4, 0.5) is 11.4 Å². The molecule has 2 aromatic carbocycles. The Morgan fingerprint density at radius 2 is 1.83 bits per heavy atom. The third-order valence-electron chi connectivity index (χ3n) is 3.78. The molecular formula is C17H14Cl2N2O2. The number of aryl methyl sites for hydroxylation is 1. The van der Waals surface area contributed by atoms with Crippen LogP contribution in [-0.4, -0.2) is 17.9 Å². The second-order valence-corrected chi connectivity index (χ2v) is 6.20. The lowest BCUT2D eigenvalue weighted by Gasteiger charge is -2.17. The molecule has 2 aromatic rings. The van der Waals surface area contributed by atoms with E-state index in [2.05, 4.69) is 5.32 Å². The molecular weight excluding hydrogens is 335 g/mol. The maximum absolute atomic E-state index is 12.6. The molecule has 1 aliphatic heterocycles. The summed E-state index contributed by atoms with van der Waals surface area (Å²) in [6, 6.07) is 11.8. The van der Waals surface area contributed by atoms with E-state index in [9.17, 15) is 9.59 Å². The van der Waals surface area contributed by atoms with Gasteiger partial charge in [0.1, 0.15) is 6.04 Å². The normalized spacial score (nSPS) is 17.7. The van der Waals surface area contributed by atoms with Crippen LogP contribution in [0.1, 0.15) is 12.0 Å². The Balaban J connectivity index is 1.85. The largest absolute Gasteiger partial charge is 0.373 e. The third kappa shape index (κ3) is 3.05. The summed E-state index contributed by atoms with van der Waals surface area (Å²) in [5.41, 5.74) is 2.29. The van der Waals surface area contributed by atoms with E-state index in [0.717, 1.165) is 16.2 Å². The van der Waals surface area contributed by atoms with Crippen molar-refractivity contribution in [3.63, 3.8) is 0 Å². The van der Waals surface area contributed by atoms with Crippen LogP contribution in [0.15, 0.2) is 42.5 Å². The van der Waals surface area contributed by atoms with Crippen molar-refractivity contribution in [2.24, 2.45) is 0 Å². The van der Waals surface area contributed by atoms with Crippen molar-refractivity contribution in [3.8, 4) is 0 Å². The molecule has 3 rings (SSSR count). The summed E-state index contributed by atoms with van der Waals surface area (Å²) in [5, 5.41) is 3.83. The van der Waals surface area contributed by atoms with Gasteiger partial charge in [-0.3, -0.25) is 9.59 Å². The Morgan fingerprint density at radius 3 is 2.52 bits per heavy atom. The summed E-state index contributed by atoms with van der Waals surface area (Å²) in [6.07, 6.45) is 0.105. The molecule has 2 amide bonds. The molecule has 1 N–H and O–H groups in total. The summed E-state index contributed by atoms with van der Waals surface area (Å²) in [5.74, 6) is -0.559. The Bertz CT molecular complexity index is 792. The summed E-state index contributed by atoms with van der Waals surface area (Å²) < 4.78 is 0. The fourth-order valence-electron chi connectivity index (χ4n) is 2.56. The molecule has 0 radical (unpaired) electrons. The number of hydrogen-bond donors (Lipinski definition) is 1. The minimum Gasteiger partial charge on any atom is -0.373 e. The van der Waals surface area contributed by atoms with Gasteiger partial charge >= 0.3 is 0 Å². The summed E-state index contributed by atoms with van der Waals surface area (Å²) in [7, 11) is 0. The number of hydrogen-bond acceptors (Lipinski definition) is 3. The van der Waals surface area contributed by atoms with Gasteiger partial charge in [0.15, 0.2) is 0 Å². The summed E-state index contributed by atoms with van der Waals surface area (Å²) >= 11 is 11.9. The van der Waals surface area contributed by atoms with E-state index in [4.69, 9.17) is 23.2 Å². The lowest BCUT2D eigenvalue weighted by Crippen LogP contribution is -2.34. The number of carbonyl (C=O) groups is 2. The quantitative estimate of drug-likeness (QED) is 0.851. The predicted octanol–water partition coefficient (Wildman–Crippen LogP) is 4.05. The fourth-order valence-corrected chi connectivity index (χ4v) is 2.85. The molecule has 6 heteroatoms. The number of carbonyl (C=O) groups excluding carboxylic acids is 2. The van der Waals surface area contributed by atoms with Crippen LogP contribution >= 0.6 is 23.2 Å². The second kappa shape index (κ2) is 6.22. The number of nitrogens with zero attached hydrogens (tertiary/aromatic N) is 1. The van der Waals surface area contributed by atoms with Gasteiger partial charge in [-0.15, -0.1) is 0 Å². The molecule has 0 aliphatic carbocycles. The van der Waals surface area contributed by atoms with E-state index in [0.29, 0.717) is 15.7 Å². The minimum atomic E-state index is -0.585. The molecule has 1 aliphatic rings. The van der Waals surface area contributed by atoms with Crippen LogP contribution in [0.5, 0.6) is 0 Å². The first-order valence-electron chi connectivity index (χ1n) is 7.11. The average Bonchev–Trinajstić information content (AvgIpc) is 2.79. The van der Waals surface area contributed by atoms with Gasteiger partial charge in [-0.1, -0.05) is 41.4 Å². The van der Waals surface area contributed by atoms with E-state index in [1.54, 1.807) is 12.1 Å². The van der Waals surface area contributed by atoms with Gasteiger partial charge in [-0.25, -0.2) is 4.90 Å². The van der Waals surface area contributed by atoms with Gasteiger partial charge in [-0.05, 0) is 36.8 Å². The van der Waals surface area contributed by atoms with Gasteiger partial charge in [0.25, 0.3) is 5.91 Å². The standard InChI is InChI=1S/C17H14Cl2N2O2/c1-10-4-2-3-5-14(10)20-15-9-16(22)21(17(15)23)11-6-7-12(18)13(19)8-11/h2-8,15,20H,9H2,1H3. The first-order chi connectivity index (χ1) is 11.0. The molecule has 23 heavy (non-hydrogen) atoms. The summed E-state index contributed by atoms with van der Waals surface area (Å²) in [6.45, 7) is 1.94. The van der Waals surface area contributed by atoms with Crippen molar-refractivity contribution in [2.45, 2.75) is 19.4 Å². The first kappa shape index (κ1) is 15.8. The highest BCUT2D eigenvalue weighted by molar-refractivity contribution is 6.42. The Kier molecular flexibility index (Phi) is 4.28. The van der Waals surface area contributed by atoms with Crippen LogP contribution in [-0.2, 0) is 9.59 Å². The maximum Gasteiger partial charge on any atom is 0.256 e. The molecule has 4 nitrogen and oxygen atoms in total. The maximum atomic E-state index is 12.6. The van der Waals surface area contributed by atoms with Crippen LogP contribution in [0.3, 0.4) is 0 Å². The van der Waals surface area contributed by atoms with Crippen LogP contribution in [0.25, 0.3) is 0 Å². The topological polar surface area (TPSA) is 49.4 Å². The Morgan fingerprint density at radius 1 is 1.09 bits per heavy atom. The van der Waals surface area contributed by atoms with Crippen molar-refractivity contribution < 1.29 is 9.59 Å². The SMILES string of the molecule is Cc1ccccc1NC1CC(=O)N(c2ccc(Cl)c(Cl)c2)C1=O. The van der Waals surface area contributed by atoms with Crippen LogP contribution in [0.2, 0.25) is 10.0 Å². The number of para-hydroxylation sites is 1. The van der Waals surface area contributed by atoms with E-state index in [1.165, 1.54) is 6.07 Å². The van der Waals surface area contributed by atoms with E-state index in [1.807, 2.05) is 31.2 Å². The molecule has 0 bridgehead atoms. The van der Waals surface area contributed by atoms with Crippen molar-refractivity contribution in [1.29, 1.82) is 0 Å². The second-order valence-electron chi connectivity index (χ2n) is 5.38. The van der Waals surface area contributed by atoms with E-state index < -0.39 is 6.04 Å². The average molecular weight is 349 g/mol. The highest BCUT2D eigenvalue weighted by Gasteiger charge is 2.39. The van der Waals surface area contributed by atoms with Gasteiger partial charge in [0.05, 0.1) is 22.2 Å². The van der Waals surface area contributed by atoms with Crippen LogP contribution in [0, 0.1) is 6.92 Å². The lowest BCUT2D eigenvalue weighted by molar-refractivity contribution is -0.121. The predicted molar refractivity (Wildman–Crippen MR) is 92.2 cm³/mol. The van der Waals surface area contributed by atoms with E-state index >= 15 is 0 Å². The number of benzene rings is 2. The molecule has 118 valence electrons. The number of rotatable bonds is 3. The number of nitrogens with one attached hydrogen (secondary N) is 1. The summed E-state index contributed by atoms with van der Waals surface area (Å²) in [4.78, 5) is 26.0. The zero-order chi connectivity index (χ0) is 16.6. The zero-order valence-electron chi connectivity index (χ0n) is 12.3. The molecule has 1 saturated heterocycles. The monoisotopic (exact) mass is 348 g/mol. The minimum absolute atomic E-state index is 0.105. The van der Waals surface area contributed by atoms with Gasteiger partial charge < -0.3 is 5.32 Å². The number of imide groups is 1. The van der Waals surface area contributed by atoms with Gasteiger partial charge in [-0.2, -0.15) is 0 Å². The zero-order valence-corrected chi connectivity index (χ0v) is 13.9. The molecule has 0 saturated carbocycles. The number of halogens is 2. The number of amides is 2. The first-order valence-corrected chi connectivity index (χ1v) is 7.87. The molecule has 0 spiro atoms. The smallest absolute Gasteiger partial charge is 0.256 e. The molecule has 1 fully saturated rings. The molecule has 0 aromatic heterocycles. The number of anilines is 2. The van der Waals surface area contributed by atoms with Gasteiger partial charge in [0.2, 0.25) is 5.91 Å². The Labute approximate surface area is 144 Å². The Hall–Kier alpha value is -2.04. The van der Waals surface area contributed by atoms with Crippen molar-refractivity contribution >= 4 is 46.4 Å². The van der Waals surface area contributed by atoms with Crippen molar-refractivity contribution in [1.82, 2.24) is 0 Å². The van der Waals surface area contributed by atoms with E-state index in [-0.39, 0.29) is 18.2 Å². The lowest BCUT2D eigenvalue weighted by atomic mass is 10.1.